The summed E-state index contributed by atoms with van der Waals surface area (Å²) in [5.74, 6) is 0. The molecule has 0 radical (unpaired) electrons. The molecule has 0 bridgehead atoms. The average Bonchev–Trinajstić information content (AvgIpc) is 2.03. The van der Waals surface area contributed by atoms with Crippen LogP contribution in [0.2, 0.25) is 0 Å². The summed E-state index contributed by atoms with van der Waals surface area (Å²) < 4.78 is 34.1. The van der Waals surface area contributed by atoms with Gasteiger partial charge in [0.05, 0.1) is 0 Å². The smallest absolute Gasteiger partial charge is 0.168 e. The molecule has 0 atom stereocenters. The van der Waals surface area contributed by atoms with Gasteiger partial charge in [0.1, 0.15) is 0 Å². The summed E-state index contributed by atoms with van der Waals surface area (Å²) in [6, 6.07) is 8.07. The monoisotopic (exact) mass is 242 g/mol. The maximum Gasteiger partial charge on any atom is 0.421 e. The van der Waals surface area contributed by atoms with Gasteiger partial charge in [-0.05, 0) is 5.56 Å². The largest absolute Gasteiger partial charge is 0.421 e. The Labute approximate surface area is 89.6 Å². The molecule has 5 heteroatoms. The van der Waals surface area contributed by atoms with Crippen molar-refractivity contribution in [3.05, 3.63) is 35.9 Å². The minimum atomic E-state index is -4.62. The van der Waals surface area contributed by atoms with Crippen LogP contribution in [0.3, 0.4) is 0 Å². The molecule has 1 aromatic rings. The van der Waals surface area contributed by atoms with Gasteiger partial charge in [-0.3, -0.25) is 0 Å². The number of benzene rings is 1. The number of rotatable bonds is 2. The maximum absolute atomic E-state index is 12.3. The summed E-state index contributed by atoms with van der Waals surface area (Å²) in [6.45, 7) is 0. The maximum atomic E-state index is 12.3. The Hall–Kier alpha value is -0.410. The van der Waals surface area contributed by atoms with Crippen LogP contribution >= 0.6 is 23.2 Å². The van der Waals surface area contributed by atoms with Crippen molar-refractivity contribution >= 4 is 23.2 Å². The topological polar surface area (TPSA) is 0 Å². The molecule has 0 spiro atoms. The first kappa shape index (κ1) is 11.7. The van der Waals surface area contributed by atoms with Gasteiger partial charge < -0.3 is 0 Å². The number of hydrogen-bond acceptors (Lipinski definition) is 0. The van der Waals surface area contributed by atoms with Gasteiger partial charge in [0, 0.05) is 6.42 Å². The Bertz CT molecular complexity index is 293. The van der Waals surface area contributed by atoms with E-state index >= 15 is 0 Å². The Kier molecular flexibility index (Phi) is 3.32. The van der Waals surface area contributed by atoms with E-state index in [1.54, 1.807) is 30.3 Å². The summed E-state index contributed by atoms with van der Waals surface area (Å²) in [7, 11) is 0. The van der Waals surface area contributed by atoms with Gasteiger partial charge in [0.25, 0.3) is 0 Å². The average molecular weight is 243 g/mol. The quantitative estimate of drug-likeness (QED) is 0.689. The summed E-state index contributed by atoms with van der Waals surface area (Å²) in [5, 5.41) is 0. The van der Waals surface area contributed by atoms with Crippen LogP contribution in [0.4, 0.5) is 13.2 Å². The minimum absolute atomic E-state index is 0.444. The third kappa shape index (κ3) is 2.79. The zero-order valence-corrected chi connectivity index (χ0v) is 8.50. The lowest BCUT2D eigenvalue weighted by Crippen LogP contribution is -2.36. The highest BCUT2D eigenvalue weighted by atomic mass is 35.5. The van der Waals surface area contributed by atoms with E-state index in [9.17, 15) is 13.2 Å². The fourth-order valence-electron chi connectivity index (χ4n) is 0.952. The van der Waals surface area contributed by atoms with E-state index in [0.29, 0.717) is 5.56 Å². The Morgan fingerprint density at radius 1 is 1.00 bits per heavy atom. The first-order valence-electron chi connectivity index (χ1n) is 3.81. The van der Waals surface area contributed by atoms with Gasteiger partial charge in [0.15, 0.2) is 0 Å². The molecule has 0 N–H and O–H groups in total. The number of hydrogen-bond donors (Lipinski definition) is 0. The van der Waals surface area contributed by atoms with Crippen molar-refractivity contribution in [3.63, 3.8) is 0 Å². The third-order valence-electron chi connectivity index (χ3n) is 1.68. The summed E-state index contributed by atoms with van der Waals surface area (Å²) in [5.41, 5.74) is 0.454. The normalized spacial score (nSPS) is 12.9. The van der Waals surface area contributed by atoms with Crippen molar-refractivity contribution in [2.24, 2.45) is 0 Å². The van der Waals surface area contributed by atoms with E-state index in [1.165, 1.54) is 0 Å². The standard InChI is InChI=1S/C9H7Cl2F3/c10-8(11,9(12,13)14)6-7-4-2-1-3-5-7/h1-5H,6H2. The highest BCUT2D eigenvalue weighted by molar-refractivity contribution is 6.49. The lowest BCUT2D eigenvalue weighted by atomic mass is 10.1. The predicted molar refractivity (Wildman–Crippen MR) is 50.6 cm³/mol. The van der Waals surface area contributed by atoms with Crippen molar-refractivity contribution < 1.29 is 13.2 Å². The molecule has 0 aliphatic heterocycles. The van der Waals surface area contributed by atoms with Crippen molar-refractivity contribution in [1.82, 2.24) is 0 Å². The van der Waals surface area contributed by atoms with E-state index in [0.717, 1.165) is 0 Å². The molecule has 78 valence electrons. The van der Waals surface area contributed by atoms with E-state index in [1.807, 2.05) is 0 Å². The molecule has 14 heavy (non-hydrogen) atoms. The van der Waals surface area contributed by atoms with Gasteiger partial charge in [-0.15, -0.1) is 0 Å². The Morgan fingerprint density at radius 2 is 1.50 bits per heavy atom. The summed E-state index contributed by atoms with van der Waals surface area (Å²) >= 11 is 10.4. The van der Waals surface area contributed by atoms with E-state index in [4.69, 9.17) is 23.2 Å². The molecule has 0 saturated heterocycles. The second-order valence-electron chi connectivity index (χ2n) is 2.86. The lowest BCUT2D eigenvalue weighted by Gasteiger charge is -2.22. The van der Waals surface area contributed by atoms with Crippen molar-refractivity contribution in [2.75, 3.05) is 0 Å². The van der Waals surface area contributed by atoms with E-state index in [-0.39, 0.29) is 0 Å². The van der Waals surface area contributed by atoms with Crippen LogP contribution in [-0.4, -0.2) is 10.5 Å². The Balaban J connectivity index is 2.79. The van der Waals surface area contributed by atoms with Crippen LogP contribution in [0, 0.1) is 0 Å². The lowest BCUT2D eigenvalue weighted by molar-refractivity contribution is -0.141. The molecule has 0 aliphatic rings. The molecule has 0 unspecified atom stereocenters. The Morgan fingerprint density at radius 3 is 1.93 bits per heavy atom. The molecule has 0 heterocycles. The fourth-order valence-corrected chi connectivity index (χ4v) is 1.26. The van der Waals surface area contributed by atoms with Crippen molar-refractivity contribution in [3.8, 4) is 0 Å². The van der Waals surface area contributed by atoms with Crippen LogP contribution < -0.4 is 0 Å². The highest BCUT2D eigenvalue weighted by Gasteiger charge is 2.52. The number of halogens is 5. The second kappa shape index (κ2) is 3.99. The fraction of sp³-hybridized carbons (Fsp3) is 0.333. The predicted octanol–water partition coefficient (Wildman–Crippen LogP) is 3.97. The molecule has 1 rings (SSSR count). The van der Waals surface area contributed by atoms with Gasteiger partial charge >= 0.3 is 6.18 Å². The van der Waals surface area contributed by atoms with Gasteiger partial charge in [-0.1, -0.05) is 53.5 Å². The van der Waals surface area contributed by atoms with Crippen LogP contribution in [-0.2, 0) is 6.42 Å². The molecule has 1 aromatic carbocycles. The van der Waals surface area contributed by atoms with Crippen LogP contribution in [0.1, 0.15) is 5.56 Å². The van der Waals surface area contributed by atoms with Crippen LogP contribution in [0.5, 0.6) is 0 Å². The SMILES string of the molecule is FC(F)(F)C(Cl)(Cl)Cc1ccccc1. The molecule has 0 fully saturated rings. The molecular formula is C9H7Cl2F3. The van der Waals surface area contributed by atoms with Gasteiger partial charge in [0.2, 0.25) is 4.33 Å². The second-order valence-corrected chi connectivity index (χ2v) is 4.35. The zero-order valence-electron chi connectivity index (χ0n) is 6.98. The summed E-state index contributed by atoms with van der Waals surface area (Å²) in [6.07, 6.45) is -5.06. The van der Waals surface area contributed by atoms with Crippen molar-refractivity contribution in [1.29, 1.82) is 0 Å². The molecule has 0 amide bonds. The molecule has 0 aromatic heterocycles. The van der Waals surface area contributed by atoms with Gasteiger partial charge in [-0.2, -0.15) is 13.2 Å². The van der Waals surface area contributed by atoms with E-state index in [2.05, 4.69) is 0 Å². The van der Waals surface area contributed by atoms with Crippen LogP contribution in [0.25, 0.3) is 0 Å². The number of alkyl halides is 5. The molecule has 0 aliphatic carbocycles. The molecule has 0 nitrogen and oxygen atoms in total. The first-order valence-corrected chi connectivity index (χ1v) is 4.57. The molecular weight excluding hydrogens is 236 g/mol. The van der Waals surface area contributed by atoms with Crippen molar-refractivity contribution in [2.45, 2.75) is 16.9 Å². The molecule has 0 saturated carbocycles. The third-order valence-corrected chi connectivity index (χ3v) is 2.38. The van der Waals surface area contributed by atoms with Gasteiger partial charge in [-0.25, -0.2) is 0 Å². The highest BCUT2D eigenvalue weighted by Crippen LogP contribution is 2.42. The summed E-state index contributed by atoms with van der Waals surface area (Å²) in [4.78, 5) is 0. The first-order chi connectivity index (χ1) is 6.33. The zero-order chi connectivity index (χ0) is 10.8. The minimum Gasteiger partial charge on any atom is -0.168 e. The van der Waals surface area contributed by atoms with Crippen LogP contribution in [0.15, 0.2) is 30.3 Å². The van der Waals surface area contributed by atoms with E-state index < -0.39 is 16.9 Å².